The van der Waals surface area contributed by atoms with Gasteiger partial charge in [-0.05, 0) is 23.8 Å². The predicted molar refractivity (Wildman–Crippen MR) is 83.5 cm³/mol. The van der Waals surface area contributed by atoms with Crippen LogP contribution in [0.4, 0.5) is 5.13 Å². The molecule has 4 nitrogen and oxygen atoms in total. The second-order valence-electron chi connectivity index (χ2n) is 4.00. The molecule has 0 aliphatic heterocycles. The van der Waals surface area contributed by atoms with Gasteiger partial charge in [-0.3, -0.25) is 0 Å². The van der Waals surface area contributed by atoms with E-state index in [9.17, 15) is 0 Å². The van der Waals surface area contributed by atoms with E-state index in [1.807, 2.05) is 23.7 Å². The van der Waals surface area contributed by atoms with Crippen molar-refractivity contribution in [1.29, 1.82) is 0 Å². The molecule has 3 aromatic rings. The van der Waals surface area contributed by atoms with Crippen molar-refractivity contribution in [2.75, 3.05) is 5.32 Å². The number of H-pyrrole nitrogens is 1. The van der Waals surface area contributed by atoms with E-state index in [4.69, 9.17) is 12.2 Å². The van der Waals surface area contributed by atoms with Crippen LogP contribution in [0.5, 0.6) is 0 Å². The second kappa shape index (κ2) is 5.38. The van der Waals surface area contributed by atoms with E-state index >= 15 is 0 Å². The van der Waals surface area contributed by atoms with Gasteiger partial charge in [-0.25, -0.2) is 4.98 Å². The topological polar surface area (TPSA) is 52.7 Å². The lowest BCUT2D eigenvalue weighted by atomic mass is 10.2. The summed E-state index contributed by atoms with van der Waals surface area (Å²) >= 11 is 6.75. The fourth-order valence-electron chi connectivity index (χ4n) is 1.88. The van der Waals surface area contributed by atoms with Crippen LogP contribution in [0.1, 0.15) is 5.56 Å². The number of hydrogen-bond donors (Lipinski definition) is 3. The van der Waals surface area contributed by atoms with Crippen molar-refractivity contribution < 1.29 is 0 Å². The molecule has 96 valence electrons. The molecule has 1 aromatic carbocycles. The molecule has 6 heteroatoms. The molecule has 0 fully saturated rings. The van der Waals surface area contributed by atoms with Gasteiger partial charge in [-0.1, -0.05) is 18.2 Å². The highest BCUT2D eigenvalue weighted by molar-refractivity contribution is 7.80. The summed E-state index contributed by atoms with van der Waals surface area (Å²) < 4.78 is 0. The van der Waals surface area contributed by atoms with Gasteiger partial charge in [0.1, 0.15) is 0 Å². The van der Waals surface area contributed by atoms with E-state index in [0.29, 0.717) is 11.7 Å². The molecule has 0 aliphatic rings. The van der Waals surface area contributed by atoms with Crippen LogP contribution in [0.2, 0.25) is 0 Å². The number of aromatic amines is 1. The summed E-state index contributed by atoms with van der Waals surface area (Å²) in [4.78, 5) is 7.37. The van der Waals surface area contributed by atoms with E-state index in [-0.39, 0.29) is 0 Å². The van der Waals surface area contributed by atoms with Crippen molar-refractivity contribution in [3.05, 3.63) is 47.6 Å². The molecule has 0 saturated heterocycles. The third-order valence-electron chi connectivity index (χ3n) is 2.77. The van der Waals surface area contributed by atoms with Crippen LogP contribution in [0.15, 0.2) is 42.0 Å². The Kier molecular flexibility index (Phi) is 3.43. The SMILES string of the molecule is S=C(NCc1c[nH]c2ccccc12)Nc1nccs1. The van der Waals surface area contributed by atoms with Gasteiger partial charge in [0.25, 0.3) is 0 Å². The van der Waals surface area contributed by atoms with Crippen LogP contribution in [0.25, 0.3) is 10.9 Å². The molecular formula is C13H12N4S2. The minimum atomic E-state index is 0.584. The van der Waals surface area contributed by atoms with Gasteiger partial charge in [0.05, 0.1) is 0 Å². The third kappa shape index (κ3) is 2.74. The smallest absolute Gasteiger partial charge is 0.188 e. The molecule has 0 atom stereocenters. The summed E-state index contributed by atoms with van der Waals surface area (Å²) in [6, 6.07) is 8.21. The molecule has 0 spiro atoms. The fraction of sp³-hybridized carbons (Fsp3) is 0.0769. The highest BCUT2D eigenvalue weighted by Crippen LogP contribution is 2.17. The third-order valence-corrected chi connectivity index (χ3v) is 3.70. The molecule has 0 saturated carbocycles. The predicted octanol–water partition coefficient (Wildman–Crippen LogP) is 3.11. The Hall–Kier alpha value is -1.92. The highest BCUT2D eigenvalue weighted by atomic mass is 32.1. The number of fused-ring (bicyclic) bond motifs is 1. The second-order valence-corrected chi connectivity index (χ2v) is 5.31. The zero-order valence-corrected chi connectivity index (χ0v) is 11.6. The van der Waals surface area contributed by atoms with Crippen molar-refractivity contribution in [2.45, 2.75) is 6.54 Å². The molecule has 19 heavy (non-hydrogen) atoms. The summed E-state index contributed by atoms with van der Waals surface area (Å²) in [7, 11) is 0. The average molecular weight is 288 g/mol. The summed E-state index contributed by atoms with van der Waals surface area (Å²) in [5, 5.41) is 10.7. The molecule has 0 amide bonds. The number of thiazole rings is 1. The van der Waals surface area contributed by atoms with Crippen LogP contribution >= 0.6 is 23.6 Å². The van der Waals surface area contributed by atoms with Crippen molar-refractivity contribution in [2.24, 2.45) is 0 Å². The van der Waals surface area contributed by atoms with E-state index in [1.165, 1.54) is 22.3 Å². The van der Waals surface area contributed by atoms with Gasteiger partial charge in [-0.15, -0.1) is 11.3 Å². The van der Waals surface area contributed by atoms with Crippen LogP contribution in [0, 0.1) is 0 Å². The van der Waals surface area contributed by atoms with Crippen molar-refractivity contribution in [3.63, 3.8) is 0 Å². The van der Waals surface area contributed by atoms with Crippen molar-refractivity contribution in [1.82, 2.24) is 15.3 Å². The maximum absolute atomic E-state index is 5.23. The Labute approximate surface area is 119 Å². The number of aromatic nitrogens is 2. The van der Waals surface area contributed by atoms with Gasteiger partial charge in [-0.2, -0.15) is 0 Å². The maximum atomic E-state index is 5.23. The van der Waals surface area contributed by atoms with Crippen LogP contribution in [-0.4, -0.2) is 15.1 Å². The lowest BCUT2D eigenvalue weighted by molar-refractivity contribution is 0.933. The minimum absolute atomic E-state index is 0.584. The minimum Gasteiger partial charge on any atom is -0.361 e. The van der Waals surface area contributed by atoms with Crippen molar-refractivity contribution >= 4 is 44.7 Å². The van der Waals surface area contributed by atoms with Crippen molar-refractivity contribution in [3.8, 4) is 0 Å². The average Bonchev–Trinajstić information content (AvgIpc) is 3.05. The Balaban J connectivity index is 1.64. The van der Waals surface area contributed by atoms with E-state index in [0.717, 1.165) is 10.6 Å². The van der Waals surface area contributed by atoms with Gasteiger partial charge >= 0.3 is 0 Å². The van der Waals surface area contributed by atoms with E-state index in [1.54, 1.807) is 6.20 Å². The molecule has 2 aromatic heterocycles. The first-order chi connectivity index (χ1) is 9.33. The van der Waals surface area contributed by atoms with E-state index in [2.05, 4.69) is 32.7 Å². The first-order valence-corrected chi connectivity index (χ1v) is 7.11. The number of hydrogen-bond acceptors (Lipinski definition) is 3. The van der Waals surface area contributed by atoms with Gasteiger partial charge in [0.15, 0.2) is 10.2 Å². The van der Waals surface area contributed by atoms with E-state index < -0.39 is 0 Å². The fourth-order valence-corrected chi connectivity index (χ4v) is 2.65. The molecule has 0 aliphatic carbocycles. The molecule has 0 bridgehead atoms. The normalized spacial score (nSPS) is 10.5. The molecule has 3 N–H and O–H groups in total. The maximum Gasteiger partial charge on any atom is 0.188 e. The first-order valence-electron chi connectivity index (χ1n) is 5.82. The largest absolute Gasteiger partial charge is 0.361 e. The number of anilines is 1. The van der Waals surface area contributed by atoms with Crippen LogP contribution < -0.4 is 10.6 Å². The lowest BCUT2D eigenvalue weighted by Crippen LogP contribution is -2.27. The number of thiocarbonyl (C=S) groups is 1. The van der Waals surface area contributed by atoms with Gasteiger partial charge < -0.3 is 15.6 Å². The number of nitrogens with one attached hydrogen (secondary N) is 3. The Morgan fingerprint density at radius 2 is 2.26 bits per heavy atom. The standard InChI is InChI=1S/C13H12N4S2/c18-12(17-13-14-5-6-19-13)16-8-9-7-15-11-4-2-1-3-10(9)11/h1-7,15H,8H2,(H2,14,16,17,18). The number of benzene rings is 1. The summed E-state index contributed by atoms with van der Waals surface area (Å²) in [5.74, 6) is 0. The summed E-state index contributed by atoms with van der Waals surface area (Å²) in [6.45, 7) is 0.682. The zero-order chi connectivity index (χ0) is 13.1. The number of nitrogens with zero attached hydrogens (tertiary/aromatic N) is 1. The Morgan fingerprint density at radius 3 is 3.11 bits per heavy atom. The summed E-state index contributed by atoms with van der Waals surface area (Å²) in [5.41, 5.74) is 2.33. The Morgan fingerprint density at radius 1 is 1.37 bits per heavy atom. The number of rotatable bonds is 3. The molecule has 3 rings (SSSR count). The first kappa shape index (κ1) is 12.1. The highest BCUT2D eigenvalue weighted by Gasteiger charge is 2.04. The summed E-state index contributed by atoms with van der Waals surface area (Å²) in [6.07, 6.45) is 3.75. The lowest BCUT2D eigenvalue weighted by Gasteiger charge is -2.07. The van der Waals surface area contributed by atoms with Crippen LogP contribution in [0.3, 0.4) is 0 Å². The van der Waals surface area contributed by atoms with Gasteiger partial charge in [0.2, 0.25) is 0 Å². The molecule has 0 radical (unpaired) electrons. The molecular weight excluding hydrogens is 276 g/mol. The van der Waals surface area contributed by atoms with Crippen LogP contribution in [-0.2, 0) is 6.54 Å². The quantitative estimate of drug-likeness (QED) is 0.648. The number of para-hydroxylation sites is 1. The van der Waals surface area contributed by atoms with Gasteiger partial charge in [0, 0.05) is 35.2 Å². The molecule has 2 heterocycles. The Bertz CT molecular complexity index is 688. The molecule has 0 unspecified atom stereocenters. The zero-order valence-electron chi connectivity index (χ0n) is 10.0. The monoisotopic (exact) mass is 288 g/mol.